The second kappa shape index (κ2) is 6.94. The fourth-order valence-electron chi connectivity index (χ4n) is 2.98. The van der Waals surface area contributed by atoms with Gasteiger partial charge in [-0.25, -0.2) is 0 Å². The lowest BCUT2D eigenvalue weighted by Crippen LogP contribution is -2.55. The summed E-state index contributed by atoms with van der Waals surface area (Å²) in [6.07, 6.45) is 5.14. The third-order valence-electron chi connectivity index (χ3n) is 4.22. The van der Waals surface area contributed by atoms with E-state index in [1.54, 1.807) is 11.1 Å². The van der Waals surface area contributed by atoms with Crippen molar-refractivity contribution in [2.75, 3.05) is 25.0 Å². The zero-order valence-corrected chi connectivity index (χ0v) is 13.4. The second-order valence-electron chi connectivity index (χ2n) is 5.43. The predicted octanol–water partition coefficient (Wildman–Crippen LogP) is 2.05. The van der Waals surface area contributed by atoms with Crippen molar-refractivity contribution in [2.45, 2.75) is 18.4 Å². The molecule has 0 spiro atoms. The van der Waals surface area contributed by atoms with Crippen LogP contribution in [0.5, 0.6) is 0 Å². The molecule has 1 N–H and O–H groups in total. The van der Waals surface area contributed by atoms with Crippen molar-refractivity contribution in [3.05, 3.63) is 48.8 Å². The number of hydrogen-bond acceptors (Lipinski definition) is 3. The van der Waals surface area contributed by atoms with Gasteiger partial charge in [0, 0.05) is 25.1 Å². The van der Waals surface area contributed by atoms with E-state index >= 15 is 0 Å². The number of nitrogens with one attached hydrogen (secondary N) is 1. The van der Waals surface area contributed by atoms with Crippen LogP contribution in [0.1, 0.15) is 12.8 Å². The first-order valence-electron chi connectivity index (χ1n) is 7.28. The molecular formula is C16H21ClN4O. The van der Waals surface area contributed by atoms with Crippen molar-refractivity contribution in [1.29, 1.82) is 0 Å². The Hall–Kier alpha value is -1.85. The van der Waals surface area contributed by atoms with E-state index in [0.717, 1.165) is 31.6 Å². The molecule has 1 amide bonds. The smallest absolute Gasteiger partial charge is 0.254 e. The van der Waals surface area contributed by atoms with Crippen LogP contribution in [-0.4, -0.2) is 35.8 Å². The monoisotopic (exact) mass is 320 g/mol. The third kappa shape index (κ3) is 2.87. The quantitative estimate of drug-likeness (QED) is 0.941. The number of amides is 1. The van der Waals surface area contributed by atoms with Gasteiger partial charge in [-0.2, -0.15) is 5.10 Å². The summed E-state index contributed by atoms with van der Waals surface area (Å²) in [7, 11) is 1.84. The molecule has 0 unspecified atom stereocenters. The topological polar surface area (TPSA) is 50.2 Å². The Balaban J connectivity index is 0.00000176. The van der Waals surface area contributed by atoms with E-state index in [0.29, 0.717) is 0 Å². The van der Waals surface area contributed by atoms with Crippen molar-refractivity contribution < 1.29 is 4.79 Å². The molecule has 1 aliphatic rings. The van der Waals surface area contributed by atoms with Crippen molar-refractivity contribution in [3.8, 4) is 0 Å². The Morgan fingerprint density at radius 2 is 1.91 bits per heavy atom. The summed E-state index contributed by atoms with van der Waals surface area (Å²) in [6, 6.07) is 11.6. The van der Waals surface area contributed by atoms with E-state index in [2.05, 4.69) is 10.4 Å². The Morgan fingerprint density at radius 3 is 2.50 bits per heavy atom. The first kappa shape index (κ1) is 16.5. The number of likely N-dealkylation sites (N-methyl/N-ethyl adjacent to an activating group) is 1. The van der Waals surface area contributed by atoms with E-state index in [9.17, 15) is 4.79 Å². The molecule has 6 heteroatoms. The van der Waals surface area contributed by atoms with Crippen LogP contribution < -0.4 is 10.2 Å². The summed E-state index contributed by atoms with van der Waals surface area (Å²) in [5.41, 5.74) is 0.326. The van der Waals surface area contributed by atoms with Crippen LogP contribution in [0.25, 0.3) is 0 Å². The lowest BCUT2D eigenvalue weighted by molar-refractivity contribution is -0.128. The molecule has 1 fully saturated rings. The summed E-state index contributed by atoms with van der Waals surface area (Å²) in [6.45, 7) is 1.66. The fraction of sp³-hybridized carbons (Fsp3) is 0.375. The molecule has 0 atom stereocenters. The van der Waals surface area contributed by atoms with Crippen LogP contribution in [-0.2, 0) is 10.3 Å². The molecule has 1 aromatic heterocycles. The number of carbonyl (C=O) groups is 1. The van der Waals surface area contributed by atoms with Gasteiger partial charge < -0.3 is 10.2 Å². The molecule has 5 nitrogen and oxygen atoms in total. The number of para-hydroxylation sites is 1. The van der Waals surface area contributed by atoms with E-state index in [-0.39, 0.29) is 18.3 Å². The zero-order chi connectivity index (χ0) is 14.7. The maximum atomic E-state index is 13.2. The first-order chi connectivity index (χ1) is 10.2. The Kier molecular flexibility index (Phi) is 5.21. The minimum Gasteiger partial charge on any atom is -0.317 e. The standard InChI is InChI=1S/C16H20N4O.ClH/c1-19(14-6-3-2-4-7-14)15(21)16(8-11-17-12-9-16)20-13-5-10-18-20;/h2-7,10,13,17H,8-9,11-12H2,1H3;1H. The van der Waals surface area contributed by atoms with Gasteiger partial charge in [-0.15, -0.1) is 12.4 Å². The summed E-state index contributed by atoms with van der Waals surface area (Å²) < 4.78 is 1.83. The Bertz CT molecular complexity index is 594. The number of anilines is 1. The molecule has 0 bridgehead atoms. The zero-order valence-electron chi connectivity index (χ0n) is 12.6. The normalized spacial score (nSPS) is 16.6. The summed E-state index contributed by atoms with van der Waals surface area (Å²) >= 11 is 0. The SMILES string of the molecule is CN(C(=O)C1(n2cccn2)CCNCC1)c1ccccc1.Cl. The van der Waals surface area contributed by atoms with Crippen molar-refractivity contribution in [1.82, 2.24) is 15.1 Å². The molecule has 0 aliphatic carbocycles. The van der Waals surface area contributed by atoms with Gasteiger partial charge in [0.15, 0.2) is 0 Å². The minimum absolute atomic E-state index is 0. The lowest BCUT2D eigenvalue weighted by atomic mass is 9.86. The Morgan fingerprint density at radius 1 is 1.23 bits per heavy atom. The number of piperidine rings is 1. The van der Waals surface area contributed by atoms with Crippen LogP contribution >= 0.6 is 12.4 Å². The van der Waals surface area contributed by atoms with E-state index in [1.165, 1.54) is 0 Å². The van der Waals surface area contributed by atoms with Crippen LogP contribution in [0.15, 0.2) is 48.8 Å². The number of rotatable bonds is 3. The van der Waals surface area contributed by atoms with Crippen molar-refractivity contribution >= 4 is 24.0 Å². The van der Waals surface area contributed by atoms with Gasteiger partial charge in [-0.1, -0.05) is 18.2 Å². The second-order valence-corrected chi connectivity index (χ2v) is 5.43. The van der Waals surface area contributed by atoms with Crippen molar-refractivity contribution in [2.24, 2.45) is 0 Å². The number of halogens is 1. The molecule has 1 saturated heterocycles. The number of benzene rings is 1. The first-order valence-corrected chi connectivity index (χ1v) is 7.28. The van der Waals surface area contributed by atoms with Gasteiger partial charge in [0.25, 0.3) is 5.91 Å². The molecule has 3 rings (SSSR count). The average Bonchev–Trinajstić information content (AvgIpc) is 3.10. The highest BCUT2D eigenvalue weighted by atomic mass is 35.5. The largest absolute Gasteiger partial charge is 0.317 e. The van der Waals surface area contributed by atoms with Crippen molar-refractivity contribution in [3.63, 3.8) is 0 Å². The van der Waals surface area contributed by atoms with Crippen LogP contribution in [0, 0.1) is 0 Å². The molecule has 0 saturated carbocycles. The van der Waals surface area contributed by atoms with Gasteiger partial charge in [-0.3, -0.25) is 9.48 Å². The van der Waals surface area contributed by atoms with Crippen LogP contribution in [0.3, 0.4) is 0 Å². The van der Waals surface area contributed by atoms with E-state index in [1.807, 2.05) is 54.3 Å². The number of nitrogens with zero attached hydrogens (tertiary/aromatic N) is 3. The highest BCUT2D eigenvalue weighted by Crippen LogP contribution is 2.30. The van der Waals surface area contributed by atoms with Gasteiger partial charge in [-0.05, 0) is 44.1 Å². The molecule has 118 valence electrons. The van der Waals surface area contributed by atoms with Gasteiger partial charge in [0.2, 0.25) is 0 Å². The van der Waals surface area contributed by atoms with E-state index in [4.69, 9.17) is 0 Å². The van der Waals surface area contributed by atoms with Crippen LogP contribution in [0.4, 0.5) is 5.69 Å². The van der Waals surface area contributed by atoms with E-state index < -0.39 is 5.54 Å². The minimum atomic E-state index is -0.584. The van der Waals surface area contributed by atoms with Gasteiger partial charge >= 0.3 is 0 Å². The van der Waals surface area contributed by atoms with Gasteiger partial charge in [0.1, 0.15) is 5.54 Å². The maximum absolute atomic E-state index is 13.2. The Labute approximate surface area is 136 Å². The number of aromatic nitrogens is 2. The molecule has 2 heterocycles. The molecule has 0 radical (unpaired) electrons. The lowest BCUT2D eigenvalue weighted by Gasteiger charge is -2.39. The summed E-state index contributed by atoms with van der Waals surface area (Å²) in [4.78, 5) is 14.9. The highest BCUT2D eigenvalue weighted by molar-refractivity contribution is 5.98. The molecular weight excluding hydrogens is 300 g/mol. The molecule has 22 heavy (non-hydrogen) atoms. The highest BCUT2D eigenvalue weighted by Gasteiger charge is 2.43. The predicted molar refractivity (Wildman–Crippen MR) is 89.4 cm³/mol. The summed E-state index contributed by atoms with van der Waals surface area (Å²) in [5.74, 6) is 0.0962. The summed E-state index contributed by atoms with van der Waals surface area (Å²) in [5, 5.41) is 7.67. The number of carbonyl (C=O) groups excluding carboxylic acids is 1. The molecule has 1 aromatic carbocycles. The maximum Gasteiger partial charge on any atom is 0.254 e. The molecule has 1 aliphatic heterocycles. The number of hydrogen-bond donors (Lipinski definition) is 1. The third-order valence-corrected chi connectivity index (χ3v) is 4.22. The average molecular weight is 321 g/mol. The molecule has 2 aromatic rings. The fourth-order valence-corrected chi connectivity index (χ4v) is 2.98. The van der Waals surface area contributed by atoms with Gasteiger partial charge in [0.05, 0.1) is 0 Å². The van der Waals surface area contributed by atoms with Crippen LogP contribution in [0.2, 0.25) is 0 Å².